The molecule has 2 aromatic rings. The van der Waals surface area contributed by atoms with Gasteiger partial charge in [-0.2, -0.15) is 0 Å². The third kappa shape index (κ3) is 3.47. The van der Waals surface area contributed by atoms with E-state index in [-0.39, 0.29) is 5.38 Å². The molecule has 0 spiro atoms. The van der Waals surface area contributed by atoms with Crippen LogP contribution in [0.15, 0.2) is 40.9 Å². The second kappa shape index (κ2) is 6.47. The smallest absolute Gasteiger partial charge is 0.162 e. The van der Waals surface area contributed by atoms with Gasteiger partial charge < -0.3 is 9.47 Å². The Balaban J connectivity index is 1.83. The zero-order valence-corrected chi connectivity index (χ0v) is 14.2. The highest BCUT2D eigenvalue weighted by molar-refractivity contribution is 9.10. The van der Waals surface area contributed by atoms with Crippen LogP contribution in [0.25, 0.3) is 0 Å². The topological polar surface area (TPSA) is 18.5 Å². The van der Waals surface area contributed by atoms with E-state index in [1.807, 2.05) is 30.3 Å². The molecule has 110 valence electrons. The number of hydrogen-bond acceptors (Lipinski definition) is 2. The molecule has 0 saturated carbocycles. The highest BCUT2D eigenvalue weighted by atomic mass is 79.9. The normalized spacial score (nSPS) is 14.8. The molecule has 0 bridgehead atoms. The van der Waals surface area contributed by atoms with Crippen LogP contribution in [0.1, 0.15) is 16.5 Å². The Morgan fingerprint density at radius 1 is 1.05 bits per heavy atom. The average molecular weight is 388 g/mol. The quantitative estimate of drug-likeness (QED) is 0.656. The van der Waals surface area contributed by atoms with Crippen molar-refractivity contribution in [2.45, 2.75) is 11.8 Å². The molecule has 0 N–H and O–H groups in total. The van der Waals surface area contributed by atoms with E-state index >= 15 is 0 Å². The maximum atomic E-state index is 6.54. The van der Waals surface area contributed by atoms with Crippen LogP contribution in [0, 0.1) is 0 Å². The van der Waals surface area contributed by atoms with Gasteiger partial charge in [-0.3, -0.25) is 0 Å². The van der Waals surface area contributed by atoms with E-state index in [1.165, 1.54) is 0 Å². The van der Waals surface area contributed by atoms with Gasteiger partial charge in [-0.05, 0) is 35.7 Å². The van der Waals surface area contributed by atoms with Crippen LogP contribution in [0.4, 0.5) is 0 Å². The molecule has 1 aliphatic rings. The first kappa shape index (κ1) is 15.0. The van der Waals surface area contributed by atoms with Crippen molar-refractivity contribution >= 4 is 39.1 Å². The van der Waals surface area contributed by atoms with Crippen molar-refractivity contribution in [2.24, 2.45) is 0 Å². The highest BCUT2D eigenvalue weighted by Crippen LogP contribution is 2.40. The predicted molar refractivity (Wildman–Crippen MR) is 88.9 cm³/mol. The number of fused-ring (bicyclic) bond motifs is 1. The van der Waals surface area contributed by atoms with Crippen LogP contribution in [-0.4, -0.2) is 13.2 Å². The maximum absolute atomic E-state index is 6.54. The van der Waals surface area contributed by atoms with Crippen LogP contribution in [-0.2, 0) is 6.42 Å². The Morgan fingerprint density at radius 2 is 1.67 bits per heavy atom. The largest absolute Gasteiger partial charge is 0.486 e. The van der Waals surface area contributed by atoms with Crippen molar-refractivity contribution in [3.63, 3.8) is 0 Å². The monoisotopic (exact) mass is 386 g/mol. The summed E-state index contributed by atoms with van der Waals surface area (Å²) >= 11 is 16.3. The number of rotatable bonds is 3. The van der Waals surface area contributed by atoms with Crippen molar-refractivity contribution in [1.29, 1.82) is 0 Å². The summed E-state index contributed by atoms with van der Waals surface area (Å²) in [5.74, 6) is 1.39. The Hall–Kier alpha value is -0.900. The van der Waals surface area contributed by atoms with Crippen LogP contribution >= 0.6 is 39.1 Å². The summed E-state index contributed by atoms with van der Waals surface area (Å²) < 4.78 is 12.2. The summed E-state index contributed by atoms with van der Waals surface area (Å²) in [5, 5.41) is 0.394. The van der Waals surface area contributed by atoms with Crippen molar-refractivity contribution in [3.05, 3.63) is 57.0 Å². The van der Waals surface area contributed by atoms with E-state index in [0.29, 0.717) is 36.2 Å². The third-order valence-corrected chi connectivity index (χ3v) is 4.57. The molecular formula is C16H13BrCl2O2. The van der Waals surface area contributed by atoms with E-state index < -0.39 is 0 Å². The van der Waals surface area contributed by atoms with Crippen LogP contribution < -0.4 is 9.47 Å². The van der Waals surface area contributed by atoms with Crippen LogP contribution in [0.2, 0.25) is 5.02 Å². The van der Waals surface area contributed by atoms with E-state index in [4.69, 9.17) is 32.7 Å². The van der Waals surface area contributed by atoms with Crippen molar-refractivity contribution in [3.8, 4) is 11.5 Å². The van der Waals surface area contributed by atoms with E-state index in [0.717, 1.165) is 15.6 Å². The second-order valence-corrected chi connectivity index (χ2v) is 6.67. The van der Waals surface area contributed by atoms with E-state index in [1.54, 1.807) is 6.07 Å². The standard InChI is InChI=1S/C16H13BrCl2O2/c17-11-3-1-10(2-4-11)7-13(18)12-8-15-16(9-14(12)19)21-6-5-20-15/h1-4,8-9,13H,5-7H2. The van der Waals surface area contributed by atoms with Gasteiger partial charge in [-0.25, -0.2) is 0 Å². The van der Waals surface area contributed by atoms with Crippen LogP contribution in [0.3, 0.4) is 0 Å². The lowest BCUT2D eigenvalue weighted by molar-refractivity contribution is 0.171. The number of alkyl halides is 1. The minimum absolute atomic E-state index is 0.213. The van der Waals surface area contributed by atoms with Crippen LogP contribution in [0.5, 0.6) is 11.5 Å². The fraction of sp³-hybridized carbons (Fsp3) is 0.250. The Bertz CT molecular complexity index is 643. The zero-order valence-electron chi connectivity index (χ0n) is 11.1. The molecule has 0 aliphatic carbocycles. The highest BCUT2D eigenvalue weighted by Gasteiger charge is 2.19. The Morgan fingerprint density at radius 3 is 2.33 bits per heavy atom. The summed E-state index contributed by atoms with van der Waals surface area (Å²) in [7, 11) is 0. The zero-order chi connectivity index (χ0) is 14.8. The summed E-state index contributed by atoms with van der Waals surface area (Å²) in [6.45, 7) is 1.10. The molecule has 2 aromatic carbocycles. The lowest BCUT2D eigenvalue weighted by Crippen LogP contribution is -2.15. The van der Waals surface area contributed by atoms with E-state index in [2.05, 4.69) is 15.9 Å². The van der Waals surface area contributed by atoms with Gasteiger partial charge in [0.15, 0.2) is 11.5 Å². The van der Waals surface area contributed by atoms with Gasteiger partial charge >= 0.3 is 0 Å². The molecule has 21 heavy (non-hydrogen) atoms. The molecule has 1 aliphatic heterocycles. The SMILES string of the molecule is Clc1cc2c(cc1C(Cl)Cc1ccc(Br)cc1)OCCO2. The summed E-state index contributed by atoms with van der Waals surface area (Å²) in [6, 6.07) is 11.8. The first-order chi connectivity index (χ1) is 10.1. The fourth-order valence-corrected chi connectivity index (χ4v) is 3.22. The number of halogens is 3. The number of benzene rings is 2. The predicted octanol–water partition coefficient (Wildman–Crippen LogP) is 5.40. The van der Waals surface area contributed by atoms with E-state index in [9.17, 15) is 0 Å². The number of hydrogen-bond donors (Lipinski definition) is 0. The Kier molecular flexibility index (Phi) is 4.63. The van der Waals surface area contributed by atoms with Gasteiger partial charge in [0.05, 0.1) is 5.38 Å². The molecule has 0 fully saturated rings. The van der Waals surface area contributed by atoms with Gasteiger partial charge in [0.1, 0.15) is 13.2 Å². The molecule has 3 rings (SSSR count). The molecule has 1 atom stereocenters. The molecule has 5 heteroatoms. The summed E-state index contributed by atoms with van der Waals surface area (Å²) in [5.41, 5.74) is 2.02. The lowest BCUT2D eigenvalue weighted by atomic mass is 10.0. The number of ether oxygens (including phenoxy) is 2. The van der Waals surface area contributed by atoms with Crippen molar-refractivity contribution < 1.29 is 9.47 Å². The minimum Gasteiger partial charge on any atom is -0.486 e. The fourth-order valence-electron chi connectivity index (χ4n) is 2.26. The van der Waals surface area contributed by atoms with Crippen molar-refractivity contribution in [1.82, 2.24) is 0 Å². The summed E-state index contributed by atoms with van der Waals surface area (Å²) in [4.78, 5) is 0. The van der Waals surface area contributed by atoms with Gasteiger partial charge in [0.2, 0.25) is 0 Å². The molecular weight excluding hydrogens is 375 g/mol. The van der Waals surface area contributed by atoms with Gasteiger partial charge in [0, 0.05) is 15.6 Å². The molecule has 0 amide bonds. The molecule has 0 radical (unpaired) electrons. The van der Waals surface area contributed by atoms with Gasteiger partial charge in [0.25, 0.3) is 0 Å². The second-order valence-electron chi connectivity index (χ2n) is 4.82. The minimum atomic E-state index is -0.213. The molecule has 0 aromatic heterocycles. The average Bonchev–Trinajstić information content (AvgIpc) is 2.49. The Labute approximate surface area is 142 Å². The third-order valence-electron chi connectivity index (χ3n) is 3.33. The molecule has 1 heterocycles. The van der Waals surface area contributed by atoms with Gasteiger partial charge in [-0.15, -0.1) is 11.6 Å². The maximum Gasteiger partial charge on any atom is 0.162 e. The van der Waals surface area contributed by atoms with Gasteiger partial charge in [-0.1, -0.05) is 39.7 Å². The first-order valence-corrected chi connectivity index (χ1v) is 8.22. The summed E-state index contributed by atoms with van der Waals surface area (Å²) in [6.07, 6.45) is 0.703. The first-order valence-electron chi connectivity index (χ1n) is 6.61. The van der Waals surface area contributed by atoms with Crippen molar-refractivity contribution in [2.75, 3.05) is 13.2 Å². The lowest BCUT2D eigenvalue weighted by Gasteiger charge is -2.21. The molecule has 1 unspecified atom stereocenters. The molecule has 2 nitrogen and oxygen atoms in total. The molecule has 0 saturated heterocycles.